The molecule has 0 spiro atoms. The van der Waals surface area contributed by atoms with Crippen LogP contribution in [0, 0.1) is 12.7 Å². The van der Waals surface area contributed by atoms with Gasteiger partial charge in [0.1, 0.15) is 5.82 Å². The maximum Gasteiger partial charge on any atom is 0.132 e. The minimum absolute atomic E-state index is 0.101. The van der Waals surface area contributed by atoms with Gasteiger partial charge < -0.3 is 5.32 Å². The largest absolute Gasteiger partial charge is 0.314 e. The van der Waals surface area contributed by atoms with Gasteiger partial charge in [0.15, 0.2) is 0 Å². The van der Waals surface area contributed by atoms with Crippen molar-refractivity contribution in [2.45, 2.75) is 39.2 Å². The molecular weight excluding hydrogens is 275 g/mol. The average Bonchev–Trinajstić information content (AvgIpc) is 2.47. The Hall–Kier alpha value is -0.640. The van der Waals surface area contributed by atoms with Gasteiger partial charge in [0.2, 0.25) is 0 Å². The van der Waals surface area contributed by atoms with Crippen molar-refractivity contribution in [2.75, 3.05) is 26.2 Å². The van der Waals surface area contributed by atoms with Gasteiger partial charge in [-0.25, -0.2) is 4.39 Å². The van der Waals surface area contributed by atoms with Gasteiger partial charge >= 0.3 is 0 Å². The molecule has 0 aliphatic carbocycles. The summed E-state index contributed by atoms with van der Waals surface area (Å²) in [5.74, 6) is -0.128. The molecule has 0 unspecified atom stereocenters. The Bertz CT molecular complexity index is 444. The molecule has 0 saturated carbocycles. The van der Waals surface area contributed by atoms with Gasteiger partial charge in [-0.15, -0.1) is 0 Å². The van der Waals surface area contributed by atoms with Crippen LogP contribution in [0.4, 0.5) is 4.39 Å². The molecule has 2 nitrogen and oxygen atoms in total. The fourth-order valence-electron chi connectivity index (χ4n) is 2.88. The third-order valence-electron chi connectivity index (χ3n) is 4.08. The minimum Gasteiger partial charge on any atom is -0.314 e. The van der Waals surface area contributed by atoms with E-state index in [-0.39, 0.29) is 11.9 Å². The molecule has 4 heteroatoms. The summed E-state index contributed by atoms with van der Waals surface area (Å²) < 4.78 is 14.6. The van der Waals surface area contributed by atoms with E-state index in [9.17, 15) is 4.39 Å². The lowest BCUT2D eigenvalue weighted by Gasteiger charge is -2.36. The quantitative estimate of drug-likeness (QED) is 0.886. The Balaban J connectivity index is 2.32. The molecule has 2 rings (SSSR count). The first-order valence-corrected chi connectivity index (χ1v) is 7.92. The summed E-state index contributed by atoms with van der Waals surface area (Å²) in [5, 5.41) is 3.91. The Labute approximate surface area is 126 Å². The van der Waals surface area contributed by atoms with Crippen molar-refractivity contribution >= 4 is 11.6 Å². The van der Waals surface area contributed by atoms with Gasteiger partial charge in [-0.2, -0.15) is 0 Å². The normalized spacial score (nSPS) is 18.2. The van der Waals surface area contributed by atoms with E-state index in [1.54, 1.807) is 6.07 Å². The van der Waals surface area contributed by atoms with Crippen molar-refractivity contribution in [3.63, 3.8) is 0 Å². The van der Waals surface area contributed by atoms with Crippen LogP contribution in [-0.4, -0.2) is 31.1 Å². The van der Waals surface area contributed by atoms with E-state index in [1.807, 2.05) is 13.0 Å². The molecule has 1 aliphatic rings. The molecule has 1 aromatic carbocycles. The zero-order chi connectivity index (χ0) is 14.5. The Kier molecular flexibility index (Phi) is 5.82. The Morgan fingerprint density at radius 2 is 2.05 bits per heavy atom. The molecule has 0 radical (unpaired) electrons. The number of hydrogen-bond donors (Lipinski definition) is 1. The SMILES string of the molecule is CCCC[C@@H](c1c(Cl)ccc(C)c1F)N1CCNCC1. The number of unbranched alkanes of at least 4 members (excludes halogenated alkanes) is 1. The van der Waals surface area contributed by atoms with Gasteiger partial charge in [0.05, 0.1) is 0 Å². The summed E-state index contributed by atoms with van der Waals surface area (Å²) in [6.45, 7) is 7.82. The van der Waals surface area contributed by atoms with Crippen molar-refractivity contribution in [3.8, 4) is 0 Å². The van der Waals surface area contributed by atoms with E-state index in [2.05, 4.69) is 17.1 Å². The first kappa shape index (κ1) is 15.7. The zero-order valence-corrected chi connectivity index (χ0v) is 13.1. The second-order valence-corrected chi connectivity index (χ2v) is 5.94. The van der Waals surface area contributed by atoms with E-state index in [0.29, 0.717) is 16.1 Å². The molecule has 0 aromatic heterocycles. The summed E-state index contributed by atoms with van der Waals surface area (Å²) in [6.07, 6.45) is 3.18. The van der Waals surface area contributed by atoms with Crippen LogP contribution in [-0.2, 0) is 0 Å². The number of aryl methyl sites for hydroxylation is 1. The van der Waals surface area contributed by atoms with Crippen molar-refractivity contribution in [2.24, 2.45) is 0 Å². The van der Waals surface area contributed by atoms with Crippen LogP contribution in [0.2, 0.25) is 5.02 Å². The van der Waals surface area contributed by atoms with E-state index < -0.39 is 0 Å². The molecule has 1 aromatic rings. The molecule has 112 valence electrons. The van der Waals surface area contributed by atoms with Gasteiger partial charge in [0.25, 0.3) is 0 Å². The van der Waals surface area contributed by atoms with Crippen molar-refractivity contribution in [1.29, 1.82) is 0 Å². The predicted octanol–water partition coefficient (Wildman–Crippen LogP) is 3.92. The summed E-state index contributed by atoms with van der Waals surface area (Å²) >= 11 is 6.31. The second kappa shape index (κ2) is 7.39. The number of nitrogens with one attached hydrogen (secondary N) is 1. The molecule has 0 amide bonds. The van der Waals surface area contributed by atoms with Crippen LogP contribution in [0.25, 0.3) is 0 Å². The summed E-state index contributed by atoms with van der Waals surface area (Å²) in [5.41, 5.74) is 1.38. The summed E-state index contributed by atoms with van der Waals surface area (Å²) in [7, 11) is 0. The number of benzene rings is 1. The van der Waals surface area contributed by atoms with Crippen LogP contribution in [0.1, 0.15) is 43.4 Å². The standard InChI is InChI=1S/C16H24ClFN2/c1-3-4-5-14(20-10-8-19-9-11-20)15-13(17)7-6-12(2)16(15)18/h6-7,14,19H,3-5,8-11H2,1-2H3/t14-/m0/s1. The van der Waals surface area contributed by atoms with E-state index >= 15 is 0 Å². The Morgan fingerprint density at radius 3 is 2.70 bits per heavy atom. The molecule has 1 aliphatic heterocycles. The minimum atomic E-state index is -0.128. The van der Waals surface area contributed by atoms with Crippen molar-refractivity contribution < 1.29 is 4.39 Å². The highest BCUT2D eigenvalue weighted by Crippen LogP contribution is 2.35. The highest BCUT2D eigenvalue weighted by Gasteiger charge is 2.26. The van der Waals surface area contributed by atoms with Gasteiger partial charge in [-0.1, -0.05) is 37.4 Å². The lowest BCUT2D eigenvalue weighted by Crippen LogP contribution is -2.45. The highest BCUT2D eigenvalue weighted by atomic mass is 35.5. The molecule has 20 heavy (non-hydrogen) atoms. The van der Waals surface area contributed by atoms with Crippen LogP contribution in [0.3, 0.4) is 0 Å². The number of piperazine rings is 1. The first-order valence-electron chi connectivity index (χ1n) is 7.54. The third-order valence-corrected chi connectivity index (χ3v) is 4.41. The molecule has 1 heterocycles. The monoisotopic (exact) mass is 298 g/mol. The molecular formula is C16H24ClFN2. The van der Waals surface area contributed by atoms with Gasteiger partial charge in [-0.05, 0) is 25.0 Å². The fraction of sp³-hybridized carbons (Fsp3) is 0.625. The first-order chi connectivity index (χ1) is 9.65. The van der Waals surface area contributed by atoms with Gasteiger partial charge in [0, 0.05) is 42.8 Å². The van der Waals surface area contributed by atoms with Crippen molar-refractivity contribution in [3.05, 3.63) is 34.1 Å². The zero-order valence-electron chi connectivity index (χ0n) is 12.4. The lowest BCUT2D eigenvalue weighted by atomic mass is 9.96. The van der Waals surface area contributed by atoms with E-state index in [0.717, 1.165) is 45.4 Å². The Morgan fingerprint density at radius 1 is 1.35 bits per heavy atom. The maximum atomic E-state index is 14.6. The van der Waals surface area contributed by atoms with Crippen molar-refractivity contribution in [1.82, 2.24) is 10.2 Å². The van der Waals surface area contributed by atoms with Crippen LogP contribution >= 0.6 is 11.6 Å². The summed E-state index contributed by atoms with van der Waals surface area (Å²) in [4.78, 5) is 2.37. The van der Waals surface area contributed by atoms with Crippen LogP contribution in [0.5, 0.6) is 0 Å². The molecule has 1 N–H and O–H groups in total. The number of hydrogen-bond acceptors (Lipinski definition) is 2. The van der Waals surface area contributed by atoms with E-state index in [4.69, 9.17) is 11.6 Å². The maximum absolute atomic E-state index is 14.6. The topological polar surface area (TPSA) is 15.3 Å². The lowest BCUT2D eigenvalue weighted by molar-refractivity contribution is 0.160. The van der Waals surface area contributed by atoms with Gasteiger partial charge in [-0.3, -0.25) is 4.90 Å². The number of nitrogens with zero attached hydrogens (tertiary/aromatic N) is 1. The van der Waals surface area contributed by atoms with Crippen LogP contribution in [0.15, 0.2) is 12.1 Å². The number of halogens is 2. The molecule has 0 bridgehead atoms. The third kappa shape index (κ3) is 3.51. The molecule has 1 saturated heterocycles. The summed E-state index contributed by atoms with van der Waals surface area (Å²) in [6, 6.07) is 3.69. The highest BCUT2D eigenvalue weighted by molar-refractivity contribution is 6.31. The fourth-order valence-corrected chi connectivity index (χ4v) is 3.16. The van der Waals surface area contributed by atoms with E-state index in [1.165, 1.54) is 0 Å². The van der Waals surface area contributed by atoms with Crippen LogP contribution < -0.4 is 5.32 Å². The smallest absolute Gasteiger partial charge is 0.132 e. The molecule has 1 atom stereocenters. The average molecular weight is 299 g/mol. The second-order valence-electron chi connectivity index (χ2n) is 5.54. The predicted molar refractivity (Wildman–Crippen MR) is 82.9 cm³/mol. The number of rotatable bonds is 5. The molecule has 1 fully saturated rings.